The van der Waals surface area contributed by atoms with Crippen LogP contribution < -0.4 is 5.44 Å². The van der Waals surface area contributed by atoms with E-state index >= 15 is 0 Å². The van der Waals surface area contributed by atoms with Gasteiger partial charge in [-0.05, 0) is 19.1 Å². The van der Waals surface area contributed by atoms with Crippen LogP contribution in [0.2, 0.25) is 0 Å². The Kier molecular flexibility index (Phi) is 4.26. The van der Waals surface area contributed by atoms with Gasteiger partial charge in [0.2, 0.25) is 7.37 Å². The summed E-state index contributed by atoms with van der Waals surface area (Å²) in [6.45, 7) is 3.34. The summed E-state index contributed by atoms with van der Waals surface area (Å²) >= 11 is 0. The van der Waals surface area contributed by atoms with E-state index in [-0.39, 0.29) is 6.61 Å². The van der Waals surface area contributed by atoms with Crippen molar-refractivity contribution in [2.45, 2.75) is 13.5 Å². The molecule has 0 aromatic carbocycles. The van der Waals surface area contributed by atoms with Crippen LogP contribution in [0.4, 0.5) is 0 Å². The highest BCUT2D eigenvalue weighted by molar-refractivity contribution is 7.65. The number of pyridine rings is 1. The van der Waals surface area contributed by atoms with Gasteiger partial charge in [-0.15, -0.1) is 6.42 Å². The summed E-state index contributed by atoms with van der Waals surface area (Å²) in [5.41, 5.74) is 1.23. The zero-order chi connectivity index (χ0) is 12.2. The van der Waals surface area contributed by atoms with Crippen molar-refractivity contribution in [1.29, 1.82) is 0 Å². The lowest BCUT2D eigenvalue weighted by Gasteiger charge is -2.13. The molecule has 1 heterocycles. The van der Waals surface area contributed by atoms with Crippen LogP contribution in [0.3, 0.4) is 0 Å². The first kappa shape index (κ1) is 12.9. The summed E-state index contributed by atoms with van der Waals surface area (Å²) in [6, 6.07) is 3.13. The summed E-state index contributed by atoms with van der Waals surface area (Å²) in [6.07, 6.45) is 5.27. The van der Waals surface area contributed by atoms with E-state index in [9.17, 15) is 4.57 Å². The quantitative estimate of drug-likeness (QED) is 0.632. The van der Waals surface area contributed by atoms with Crippen molar-refractivity contribution in [1.82, 2.24) is 4.98 Å². The lowest BCUT2D eigenvalue weighted by molar-refractivity contribution is 0.277. The van der Waals surface area contributed by atoms with Crippen LogP contribution in [0.5, 0.6) is 0 Å². The molecule has 0 fully saturated rings. The molecule has 1 unspecified atom stereocenters. The molecule has 1 aromatic heterocycles. The van der Waals surface area contributed by atoms with Crippen LogP contribution in [0.25, 0.3) is 0 Å². The lowest BCUT2D eigenvalue weighted by Crippen LogP contribution is -2.14. The average molecular weight is 239 g/mol. The van der Waals surface area contributed by atoms with Crippen molar-refractivity contribution >= 4 is 12.8 Å². The first-order valence-corrected chi connectivity index (χ1v) is 6.91. The third-order valence-corrected chi connectivity index (χ3v) is 3.80. The Morgan fingerprint density at radius 3 is 2.81 bits per heavy atom. The fourth-order valence-electron chi connectivity index (χ4n) is 1.26. The SMILES string of the molecule is C#Cc1cc(CO)nc(P(C)(=O)OCC)c1. The Labute approximate surface area is 95.1 Å². The number of terminal acetylenes is 1. The van der Waals surface area contributed by atoms with Crippen LogP contribution in [-0.4, -0.2) is 23.4 Å². The van der Waals surface area contributed by atoms with E-state index in [1.54, 1.807) is 19.1 Å². The molecule has 0 aliphatic carbocycles. The molecular weight excluding hydrogens is 225 g/mol. The van der Waals surface area contributed by atoms with Crippen LogP contribution in [0.15, 0.2) is 12.1 Å². The predicted molar refractivity (Wildman–Crippen MR) is 62.9 cm³/mol. The summed E-state index contributed by atoms with van der Waals surface area (Å²) in [4.78, 5) is 4.06. The third kappa shape index (κ3) is 2.93. The molecule has 0 amide bonds. The van der Waals surface area contributed by atoms with Crippen molar-refractivity contribution in [3.8, 4) is 12.3 Å². The molecule has 0 aliphatic heterocycles. The molecule has 0 spiro atoms. The van der Waals surface area contributed by atoms with Gasteiger partial charge in [-0.1, -0.05) is 5.92 Å². The van der Waals surface area contributed by atoms with Crippen molar-refractivity contribution < 1.29 is 14.2 Å². The van der Waals surface area contributed by atoms with Gasteiger partial charge >= 0.3 is 0 Å². The van der Waals surface area contributed by atoms with Gasteiger partial charge in [-0.2, -0.15) is 0 Å². The Hall–Kier alpha value is -1.14. The summed E-state index contributed by atoms with van der Waals surface area (Å²) in [5, 5.41) is 9.02. The molecule has 0 radical (unpaired) electrons. The van der Waals surface area contributed by atoms with Crippen molar-refractivity contribution in [3.63, 3.8) is 0 Å². The van der Waals surface area contributed by atoms with E-state index in [1.807, 2.05) is 0 Å². The molecule has 5 heteroatoms. The lowest BCUT2D eigenvalue weighted by atomic mass is 10.2. The third-order valence-electron chi connectivity index (χ3n) is 1.99. The maximum atomic E-state index is 12.1. The minimum absolute atomic E-state index is 0.241. The minimum atomic E-state index is -2.94. The number of hydrogen-bond acceptors (Lipinski definition) is 4. The van der Waals surface area contributed by atoms with Crippen LogP contribution >= 0.6 is 7.37 Å². The minimum Gasteiger partial charge on any atom is -0.390 e. The van der Waals surface area contributed by atoms with Crippen molar-refractivity contribution in [3.05, 3.63) is 23.4 Å². The van der Waals surface area contributed by atoms with Gasteiger partial charge in [0.25, 0.3) is 0 Å². The topological polar surface area (TPSA) is 59.4 Å². The molecule has 1 atom stereocenters. The molecule has 0 bridgehead atoms. The second-order valence-electron chi connectivity index (χ2n) is 3.27. The molecule has 0 aliphatic rings. The van der Waals surface area contributed by atoms with Crippen LogP contribution in [0.1, 0.15) is 18.2 Å². The summed E-state index contributed by atoms with van der Waals surface area (Å²) < 4.78 is 17.3. The number of rotatable bonds is 4. The highest BCUT2D eigenvalue weighted by Gasteiger charge is 2.21. The largest absolute Gasteiger partial charge is 0.390 e. The van der Waals surface area contributed by atoms with Gasteiger partial charge in [0.05, 0.1) is 18.9 Å². The molecule has 0 saturated carbocycles. The maximum absolute atomic E-state index is 12.1. The average Bonchev–Trinajstić information content (AvgIpc) is 2.28. The molecule has 16 heavy (non-hydrogen) atoms. The second kappa shape index (κ2) is 5.27. The number of aliphatic hydroxyl groups is 1. The Morgan fingerprint density at radius 2 is 2.31 bits per heavy atom. The van der Waals surface area contributed by atoms with Crippen LogP contribution in [-0.2, 0) is 15.7 Å². The van der Waals surface area contributed by atoms with Crippen molar-refractivity contribution in [2.75, 3.05) is 13.3 Å². The van der Waals surface area contributed by atoms with E-state index in [4.69, 9.17) is 16.1 Å². The highest BCUT2D eigenvalue weighted by atomic mass is 31.2. The van der Waals surface area contributed by atoms with Gasteiger partial charge in [-0.25, -0.2) is 4.98 Å². The molecule has 4 nitrogen and oxygen atoms in total. The Morgan fingerprint density at radius 1 is 1.62 bits per heavy atom. The number of hydrogen-bond donors (Lipinski definition) is 1. The molecule has 1 N–H and O–H groups in total. The number of aromatic nitrogens is 1. The van der Waals surface area contributed by atoms with Crippen molar-refractivity contribution in [2.24, 2.45) is 0 Å². The number of aliphatic hydroxyl groups excluding tert-OH is 1. The highest BCUT2D eigenvalue weighted by Crippen LogP contribution is 2.40. The monoisotopic (exact) mass is 239 g/mol. The normalized spacial score (nSPS) is 14.1. The van der Waals surface area contributed by atoms with E-state index in [0.717, 1.165) is 0 Å². The van der Waals surface area contributed by atoms with Gasteiger partial charge in [-0.3, -0.25) is 4.57 Å². The Bertz CT molecular complexity index is 465. The first-order chi connectivity index (χ1) is 7.53. The van der Waals surface area contributed by atoms with E-state index < -0.39 is 7.37 Å². The maximum Gasteiger partial charge on any atom is 0.247 e. The van der Waals surface area contributed by atoms with Gasteiger partial charge in [0.15, 0.2) is 0 Å². The second-order valence-corrected chi connectivity index (χ2v) is 5.68. The van der Waals surface area contributed by atoms with E-state index in [0.29, 0.717) is 23.3 Å². The molecule has 1 aromatic rings. The fourth-order valence-corrected chi connectivity index (χ4v) is 2.57. The van der Waals surface area contributed by atoms with Gasteiger partial charge in [0, 0.05) is 12.2 Å². The number of nitrogens with zero attached hydrogens (tertiary/aromatic N) is 1. The smallest absolute Gasteiger partial charge is 0.247 e. The molecule has 1 rings (SSSR count). The molecule has 86 valence electrons. The molecular formula is C11H14NO3P. The first-order valence-electron chi connectivity index (χ1n) is 4.84. The summed E-state index contributed by atoms with van der Waals surface area (Å²) in [7, 11) is -2.94. The van der Waals surface area contributed by atoms with Gasteiger partial charge < -0.3 is 9.63 Å². The van der Waals surface area contributed by atoms with Gasteiger partial charge in [0.1, 0.15) is 5.44 Å². The van der Waals surface area contributed by atoms with E-state index in [1.165, 1.54) is 6.66 Å². The fraction of sp³-hybridized carbons (Fsp3) is 0.364. The van der Waals surface area contributed by atoms with E-state index in [2.05, 4.69) is 10.9 Å². The standard InChI is InChI=1S/C11H14NO3P/c1-4-9-6-10(8-13)12-11(7-9)16(3,14)15-5-2/h1,6-7,13H,5,8H2,2-3H3. The molecule has 0 saturated heterocycles. The van der Waals surface area contributed by atoms with Crippen LogP contribution in [0, 0.1) is 12.3 Å². The predicted octanol–water partition coefficient (Wildman–Crippen LogP) is 1.12. The zero-order valence-electron chi connectivity index (χ0n) is 9.30. The zero-order valence-corrected chi connectivity index (χ0v) is 10.2. The Balaban J connectivity index is 3.24. The summed E-state index contributed by atoms with van der Waals surface area (Å²) in [5.74, 6) is 2.43.